The molecule has 68 heavy (non-hydrogen) atoms. The maximum atomic E-state index is 13.9. The van der Waals surface area contributed by atoms with Gasteiger partial charge in [0.1, 0.15) is 42.3 Å². The molecule has 24 nitrogen and oxygen atoms in total. The third kappa shape index (κ3) is 23.7. The third-order valence-electron chi connectivity index (χ3n) is 10.9. The molecule has 0 saturated heterocycles. The number of hydrogen-bond acceptors (Lipinski definition) is 13. The molecule has 0 heterocycles. The number of aliphatic carboxylic acids is 1. The molecule has 0 aromatic rings. The van der Waals surface area contributed by atoms with Crippen LogP contribution in [0.5, 0.6) is 0 Å². The fourth-order valence-electron chi connectivity index (χ4n) is 6.68. The maximum absolute atomic E-state index is 13.9. The molecule has 24 heteroatoms. The Bertz CT molecular complexity index is 1750. The van der Waals surface area contributed by atoms with Gasteiger partial charge in [0.2, 0.25) is 59.1 Å². The lowest BCUT2D eigenvalue weighted by atomic mass is 9.96. The average molecular weight is 970 g/mol. The highest BCUT2D eigenvalue weighted by molar-refractivity contribution is 5.98. The van der Waals surface area contributed by atoms with E-state index in [0.29, 0.717) is 12.8 Å². The summed E-state index contributed by atoms with van der Waals surface area (Å²) in [6, 6.07) is -10.8. The fourth-order valence-corrected chi connectivity index (χ4v) is 6.68. The van der Waals surface area contributed by atoms with Gasteiger partial charge >= 0.3 is 5.97 Å². The molecule has 0 aromatic heterocycles. The minimum absolute atomic E-state index is 0.0188. The summed E-state index contributed by atoms with van der Waals surface area (Å²) >= 11 is 0. The number of amides is 10. The largest absolute Gasteiger partial charge is 0.480 e. The molecule has 388 valence electrons. The van der Waals surface area contributed by atoms with Crippen LogP contribution in [0.3, 0.4) is 0 Å². The van der Waals surface area contributed by atoms with Gasteiger partial charge in [0.05, 0.1) is 25.6 Å². The highest BCUT2D eigenvalue weighted by Crippen LogP contribution is 2.14. The van der Waals surface area contributed by atoms with E-state index in [9.17, 15) is 63.0 Å². The van der Waals surface area contributed by atoms with Gasteiger partial charge in [0, 0.05) is 6.42 Å². The van der Waals surface area contributed by atoms with Crippen LogP contribution in [0.1, 0.15) is 121 Å². The van der Waals surface area contributed by atoms with Gasteiger partial charge in [-0.1, -0.05) is 82.1 Å². The number of aliphatic hydroxyl groups excluding tert-OH is 1. The average Bonchev–Trinajstić information content (AvgIpc) is 3.24. The van der Waals surface area contributed by atoms with Crippen molar-refractivity contribution < 1.29 is 63.0 Å². The lowest BCUT2D eigenvalue weighted by molar-refractivity contribution is -0.143. The van der Waals surface area contributed by atoms with Crippen molar-refractivity contribution in [2.24, 2.45) is 46.8 Å². The SMILES string of the molecule is CC[C@H](C)[C@H](NC(=O)CNC(=O)[C@H](CC(C)C)NC(=O)[C@H](CC(C)C)NC(=O)[C@H](CO)NC(=O)[C@H](CC(C)C)NC(=O)[C@@H](NC(=O)[C@H](CCC(N)=O)NC(=O)[C@@H](N)CC(N)=O)[C@@H](C)CC)C(=O)O. The van der Waals surface area contributed by atoms with Crippen LogP contribution < -0.4 is 59.7 Å². The van der Waals surface area contributed by atoms with Crippen molar-refractivity contribution in [2.75, 3.05) is 13.2 Å². The Morgan fingerprint density at radius 1 is 0.485 bits per heavy atom. The van der Waals surface area contributed by atoms with Crippen molar-refractivity contribution in [3.63, 3.8) is 0 Å². The second-order valence-corrected chi connectivity index (χ2v) is 18.5. The van der Waals surface area contributed by atoms with Crippen LogP contribution in [0.25, 0.3) is 0 Å². The van der Waals surface area contributed by atoms with Crippen molar-refractivity contribution in [3.05, 3.63) is 0 Å². The van der Waals surface area contributed by atoms with E-state index in [4.69, 9.17) is 17.2 Å². The quantitative estimate of drug-likeness (QED) is 0.0318. The summed E-state index contributed by atoms with van der Waals surface area (Å²) in [6.45, 7) is 15.9. The number of carbonyl (C=O) groups is 11. The van der Waals surface area contributed by atoms with Crippen molar-refractivity contribution in [1.82, 2.24) is 42.5 Å². The number of carboxylic acid groups (broad SMARTS) is 1. The lowest BCUT2D eigenvalue weighted by Gasteiger charge is -2.30. The first kappa shape index (κ1) is 62.1. The van der Waals surface area contributed by atoms with Crippen molar-refractivity contribution in [2.45, 2.75) is 169 Å². The van der Waals surface area contributed by atoms with Gasteiger partial charge in [-0.25, -0.2) is 4.79 Å². The van der Waals surface area contributed by atoms with Crippen molar-refractivity contribution in [3.8, 4) is 0 Å². The summed E-state index contributed by atoms with van der Waals surface area (Å²) in [4.78, 5) is 142. The number of nitrogens with two attached hydrogens (primary N) is 3. The number of primary amides is 2. The molecule has 0 bridgehead atoms. The van der Waals surface area contributed by atoms with Crippen LogP contribution in [0.15, 0.2) is 0 Å². The predicted molar refractivity (Wildman–Crippen MR) is 249 cm³/mol. The minimum Gasteiger partial charge on any atom is -0.480 e. The zero-order chi connectivity index (χ0) is 52.6. The normalized spacial score (nSPS) is 15.7. The molecule has 16 N–H and O–H groups in total. The zero-order valence-electron chi connectivity index (χ0n) is 41.2. The smallest absolute Gasteiger partial charge is 0.326 e. The number of hydrogen-bond donors (Lipinski definition) is 13. The summed E-state index contributed by atoms with van der Waals surface area (Å²) in [5, 5.41) is 39.8. The molecule has 0 aliphatic carbocycles. The molecule has 0 unspecified atom stereocenters. The van der Waals surface area contributed by atoms with Gasteiger partial charge in [-0.2, -0.15) is 0 Å². The topological polar surface area (TPSA) is 403 Å². The molecule has 0 spiro atoms. The second kappa shape index (κ2) is 31.2. The van der Waals surface area contributed by atoms with Crippen molar-refractivity contribution in [1.29, 1.82) is 0 Å². The molecular formula is C44H79N11O13. The van der Waals surface area contributed by atoms with Gasteiger partial charge in [-0.3, -0.25) is 47.9 Å². The van der Waals surface area contributed by atoms with E-state index in [2.05, 4.69) is 42.5 Å². The number of nitrogens with one attached hydrogen (secondary N) is 8. The first-order chi connectivity index (χ1) is 31.6. The Morgan fingerprint density at radius 3 is 1.29 bits per heavy atom. The van der Waals surface area contributed by atoms with E-state index < -0.39 is 145 Å². The summed E-state index contributed by atoms with van der Waals surface area (Å²) in [6.07, 6.45) is -0.183. The highest BCUT2D eigenvalue weighted by Gasteiger charge is 2.36. The van der Waals surface area contributed by atoms with Gasteiger partial charge in [0.15, 0.2) is 0 Å². The first-order valence-corrected chi connectivity index (χ1v) is 23.1. The van der Waals surface area contributed by atoms with Crippen LogP contribution in [0, 0.1) is 29.6 Å². The maximum Gasteiger partial charge on any atom is 0.326 e. The fraction of sp³-hybridized carbons (Fsp3) is 0.750. The molecule has 0 saturated carbocycles. The van der Waals surface area contributed by atoms with Crippen LogP contribution in [0.4, 0.5) is 0 Å². The minimum atomic E-state index is -1.64. The van der Waals surface area contributed by atoms with Crippen LogP contribution >= 0.6 is 0 Å². The molecule has 10 amide bonds. The number of aliphatic hydroxyl groups is 1. The summed E-state index contributed by atoms with van der Waals surface area (Å²) < 4.78 is 0. The van der Waals surface area contributed by atoms with Gasteiger partial charge in [-0.15, -0.1) is 0 Å². The van der Waals surface area contributed by atoms with Gasteiger partial charge in [-0.05, 0) is 55.3 Å². The van der Waals surface area contributed by atoms with Crippen LogP contribution in [0.2, 0.25) is 0 Å². The standard InChI is InChI=1S/C44H79N11O13/c1-11-24(9)35(55-39(62)27(13-14-32(46)57)49-37(60)26(45)18-33(47)58)43(66)52-30(17-23(7)8)41(64)53-31(20-56)42(65)51-29(16-22(5)6)40(63)50-28(15-21(3)4)38(61)48-19-34(59)54-36(44(67)68)25(10)12-2/h21-31,35-36,56H,11-20,45H2,1-10H3,(H2,46,57)(H2,47,58)(H,48,61)(H,49,60)(H,50,63)(H,51,65)(H,52,66)(H,53,64)(H,54,59)(H,55,62)(H,67,68)/t24-,25-,26-,27-,28-,29-,30-,31-,35-,36-/m0/s1. The van der Waals surface area contributed by atoms with Gasteiger partial charge in [0.25, 0.3) is 0 Å². The number of rotatable bonds is 33. The molecular weight excluding hydrogens is 891 g/mol. The highest BCUT2D eigenvalue weighted by atomic mass is 16.4. The Labute approximate surface area is 398 Å². The van der Waals surface area contributed by atoms with E-state index in [1.165, 1.54) is 0 Å². The monoisotopic (exact) mass is 970 g/mol. The first-order valence-electron chi connectivity index (χ1n) is 23.1. The molecule has 0 aliphatic rings. The second-order valence-electron chi connectivity index (χ2n) is 18.5. The predicted octanol–water partition coefficient (Wildman–Crippen LogP) is -2.73. The van der Waals surface area contributed by atoms with E-state index in [1.807, 2.05) is 0 Å². The number of carboxylic acids is 1. The Hall–Kier alpha value is -5.91. The van der Waals surface area contributed by atoms with E-state index in [0.717, 1.165) is 0 Å². The Morgan fingerprint density at radius 2 is 0.882 bits per heavy atom. The van der Waals surface area contributed by atoms with Crippen LogP contribution in [-0.2, 0) is 52.7 Å². The molecule has 0 radical (unpaired) electrons. The van der Waals surface area contributed by atoms with Crippen molar-refractivity contribution >= 4 is 65.0 Å². The summed E-state index contributed by atoms with van der Waals surface area (Å²) in [5.74, 6) is -11.2. The number of carbonyl (C=O) groups excluding carboxylic acids is 10. The molecule has 0 rings (SSSR count). The summed E-state index contributed by atoms with van der Waals surface area (Å²) in [7, 11) is 0. The molecule has 0 fully saturated rings. The Kier molecular flexibility index (Phi) is 28.5. The van der Waals surface area contributed by atoms with Crippen LogP contribution in [-0.4, -0.2) is 137 Å². The Balaban J connectivity index is 6.31. The summed E-state index contributed by atoms with van der Waals surface area (Å²) in [5.41, 5.74) is 16.1. The molecule has 10 atom stereocenters. The lowest BCUT2D eigenvalue weighted by Crippen LogP contribution is -2.61. The molecule has 0 aromatic carbocycles. The third-order valence-corrected chi connectivity index (χ3v) is 10.9. The van der Waals surface area contributed by atoms with Gasteiger partial charge < -0.3 is 69.9 Å². The van der Waals surface area contributed by atoms with E-state index >= 15 is 0 Å². The van der Waals surface area contributed by atoms with E-state index in [1.54, 1.807) is 69.2 Å². The zero-order valence-corrected chi connectivity index (χ0v) is 41.2. The molecule has 0 aliphatic heterocycles. The van der Waals surface area contributed by atoms with E-state index in [-0.39, 0.29) is 49.9 Å².